The molecule has 1 saturated carbocycles. The molecule has 3 heterocycles. The van der Waals surface area contributed by atoms with Crippen molar-refractivity contribution in [3.8, 4) is 22.9 Å². The van der Waals surface area contributed by atoms with Crippen molar-refractivity contribution >= 4 is 28.3 Å². The number of hydrogen-bond donors (Lipinski definition) is 3. The molecule has 1 aliphatic carbocycles. The predicted molar refractivity (Wildman–Crippen MR) is 159 cm³/mol. The average Bonchev–Trinajstić information content (AvgIpc) is 3.48. The highest BCUT2D eigenvalue weighted by molar-refractivity contribution is 6.04. The Morgan fingerprint density at radius 3 is 2.73 bits per heavy atom. The third-order valence-electron chi connectivity index (χ3n) is 7.96. The summed E-state index contributed by atoms with van der Waals surface area (Å²) in [6.45, 7) is 3.98. The quantitative estimate of drug-likeness (QED) is 0.237. The van der Waals surface area contributed by atoms with Crippen molar-refractivity contribution in [1.29, 1.82) is 0 Å². The summed E-state index contributed by atoms with van der Waals surface area (Å²) in [6.07, 6.45) is 11.0. The number of amides is 1. The molecule has 1 amide bonds. The van der Waals surface area contributed by atoms with E-state index >= 15 is 0 Å². The monoisotopic (exact) mass is 536 g/mol. The standard InChI is InChI=1S/C32H36N6O2/c1-21-13-14-24-25(10-4-12-27(24)37-29(39)19-22-7-2-3-8-22)30(21)40-31-26(11-6-17-34-31)28-15-18-35-32(38-28)36-23-9-5-16-33-20-23/h4,6,10-15,17-18,22-23,33H,2-3,5,7-9,16,19-20H2,1H3,(H,37,39)(H,35,36,38)/t23-/m0/s1. The molecule has 2 aromatic heterocycles. The van der Waals surface area contributed by atoms with Crippen LogP contribution in [0.2, 0.25) is 0 Å². The molecule has 0 bridgehead atoms. The number of pyridine rings is 1. The maximum absolute atomic E-state index is 12.8. The van der Waals surface area contributed by atoms with Crippen LogP contribution in [-0.4, -0.2) is 40.0 Å². The Morgan fingerprint density at radius 1 is 0.975 bits per heavy atom. The molecule has 2 fully saturated rings. The van der Waals surface area contributed by atoms with Gasteiger partial charge in [-0.25, -0.2) is 15.0 Å². The van der Waals surface area contributed by atoms with Crippen LogP contribution in [0.4, 0.5) is 11.6 Å². The molecule has 6 rings (SSSR count). The van der Waals surface area contributed by atoms with Crippen LogP contribution in [0.5, 0.6) is 11.6 Å². The average molecular weight is 537 g/mol. The van der Waals surface area contributed by atoms with Crippen LogP contribution in [0.15, 0.2) is 60.9 Å². The van der Waals surface area contributed by atoms with E-state index in [2.05, 4.69) is 25.9 Å². The first-order chi connectivity index (χ1) is 19.6. The Balaban J connectivity index is 1.27. The molecule has 0 radical (unpaired) electrons. The minimum Gasteiger partial charge on any atom is -0.437 e. The summed E-state index contributed by atoms with van der Waals surface area (Å²) in [7, 11) is 0. The molecule has 206 valence electrons. The van der Waals surface area contributed by atoms with Gasteiger partial charge in [-0.2, -0.15) is 0 Å². The zero-order valence-electron chi connectivity index (χ0n) is 23.0. The zero-order valence-corrected chi connectivity index (χ0v) is 23.0. The van der Waals surface area contributed by atoms with Crippen LogP contribution < -0.4 is 20.7 Å². The van der Waals surface area contributed by atoms with Gasteiger partial charge in [0.1, 0.15) is 5.75 Å². The summed E-state index contributed by atoms with van der Waals surface area (Å²) in [5.74, 6) is 2.35. The van der Waals surface area contributed by atoms with E-state index < -0.39 is 0 Å². The normalized spacial score (nSPS) is 17.6. The molecule has 1 saturated heterocycles. The highest BCUT2D eigenvalue weighted by atomic mass is 16.5. The summed E-state index contributed by atoms with van der Waals surface area (Å²) >= 11 is 0. The molecule has 2 aromatic carbocycles. The number of fused-ring (bicyclic) bond motifs is 1. The number of ether oxygens (including phenoxy) is 1. The Kier molecular flexibility index (Phi) is 7.86. The smallest absolute Gasteiger partial charge is 0.228 e. The van der Waals surface area contributed by atoms with Crippen molar-refractivity contribution in [3.05, 3.63) is 66.5 Å². The van der Waals surface area contributed by atoms with Crippen molar-refractivity contribution in [2.45, 2.75) is 57.9 Å². The number of aromatic nitrogens is 3. The van der Waals surface area contributed by atoms with Crippen molar-refractivity contribution < 1.29 is 9.53 Å². The van der Waals surface area contributed by atoms with E-state index in [9.17, 15) is 4.79 Å². The Morgan fingerprint density at radius 2 is 1.88 bits per heavy atom. The molecule has 0 spiro atoms. The lowest BCUT2D eigenvalue weighted by atomic mass is 10.0. The van der Waals surface area contributed by atoms with Crippen LogP contribution in [0.3, 0.4) is 0 Å². The Hall–Kier alpha value is -4.04. The largest absolute Gasteiger partial charge is 0.437 e. The van der Waals surface area contributed by atoms with E-state index in [0.29, 0.717) is 36.0 Å². The van der Waals surface area contributed by atoms with E-state index in [1.54, 1.807) is 12.4 Å². The number of piperidine rings is 1. The lowest BCUT2D eigenvalue weighted by Gasteiger charge is -2.23. The molecule has 1 atom stereocenters. The number of rotatable bonds is 8. The number of nitrogens with one attached hydrogen (secondary N) is 3. The number of hydrogen-bond acceptors (Lipinski definition) is 7. The molecular weight excluding hydrogens is 500 g/mol. The fourth-order valence-electron chi connectivity index (χ4n) is 5.86. The lowest BCUT2D eigenvalue weighted by Crippen LogP contribution is -2.38. The molecule has 4 aromatic rings. The minimum atomic E-state index is 0.0756. The molecule has 1 aliphatic heterocycles. The van der Waals surface area contributed by atoms with Crippen LogP contribution in [0, 0.1) is 12.8 Å². The number of carbonyl (C=O) groups is 1. The summed E-state index contributed by atoms with van der Waals surface area (Å²) in [4.78, 5) is 26.7. The second-order valence-corrected chi connectivity index (χ2v) is 10.9. The molecule has 0 unspecified atom stereocenters. The Labute approximate surface area is 235 Å². The first-order valence-electron chi connectivity index (χ1n) is 14.4. The number of anilines is 2. The lowest BCUT2D eigenvalue weighted by molar-refractivity contribution is -0.117. The van der Waals surface area contributed by atoms with Crippen LogP contribution in [0.25, 0.3) is 22.0 Å². The van der Waals surface area contributed by atoms with Crippen molar-refractivity contribution in [3.63, 3.8) is 0 Å². The summed E-state index contributed by atoms with van der Waals surface area (Å²) in [6, 6.07) is 16.0. The predicted octanol–water partition coefficient (Wildman–Crippen LogP) is 6.48. The van der Waals surface area contributed by atoms with Gasteiger partial charge in [-0.15, -0.1) is 0 Å². The molecule has 8 nitrogen and oxygen atoms in total. The molecule has 8 heteroatoms. The van der Waals surface area contributed by atoms with Gasteiger partial charge >= 0.3 is 0 Å². The van der Waals surface area contributed by atoms with Crippen LogP contribution in [-0.2, 0) is 4.79 Å². The van der Waals surface area contributed by atoms with Crippen molar-refractivity contribution in [2.75, 3.05) is 23.7 Å². The van der Waals surface area contributed by atoms with E-state index in [1.807, 2.05) is 55.5 Å². The van der Waals surface area contributed by atoms with Gasteiger partial charge in [0.05, 0.1) is 11.3 Å². The highest BCUT2D eigenvalue weighted by Crippen LogP contribution is 2.39. The minimum absolute atomic E-state index is 0.0756. The van der Waals surface area contributed by atoms with E-state index in [-0.39, 0.29) is 5.91 Å². The SMILES string of the molecule is Cc1ccc2c(NC(=O)CC3CCCC3)cccc2c1Oc1ncccc1-c1ccnc(N[C@H]2CCCNC2)n1. The Bertz CT molecular complexity index is 1490. The van der Waals surface area contributed by atoms with Gasteiger partial charge in [0, 0.05) is 47.9 Å². The van der Waals surface area contributed by atoms with Crippen LogP contribution in [0.1, 0.15) is 50.5 Å². The molecule has 40 heavy (non-hydrogen) atoms. The van der Waals surface area contributed by atoms with Crippen molar-refractivity contribution in [2.24, 2.45) is 5.92 Å². The van der Waals surface area contributed by atoms with Gasteiger partial charge in [-0.1, -0.05) is 37.1 Å². The fourth-order valence-corrected chi connectivity index (χ4v) is 5.86. The first kappa shape index (κ1) is 26.2. The summed E-state index contributed by atoms with van der Waals surface area (Å²) in [5.41, 5.74) is 3.30. The first-order valence-corrected chi connectivity index (χ1v) is 14.4. The third-order valence-corrected chi connectivity index (χ3v) is 7.96. The van der Waals surface area contributed by atoms with Gasteiger partial charge in [0.25, 0.3) is 0 Å². The van der Waals surface area contributed by atoms with Gasteiger partial charge in [-0.3, -0.25) is 4.79 Å². The van der Waals surface area contributed by atoms with Crippen LogP contribution >= 0.6 is 0 Å². The second-order valence-electron chi connectivity index (χ2n) is 10.9. The fraction of sp³-hybridized carbons (Fsp3) is 0.375. The van der Waals surface area contributed by atoms with Crippen molar-refractivity contribution in [1.82, 2.24) is 20.3 Å². The van der Waals surface area contributed by atoms with E-state index in [4.69, 9.17) is 9.72 Å². The maximum atomic E-state index is 12.8. The molecular formula is C32H36N6O2. The highest BCUT2D eigenvalue weighted by Gasteiger charge is 2.20. The number of carbonyl (C=O) groups excluding carboxylic acids is 1. The summed E-state index contributed by atoms with van der Waals surface area (Å²) < 4.78 is 6.55. The number of aryl methyl sites for hydroxylation is 1. The maximum Gasteiger partial charge on any atom is 0.228 e. The van der Waals surface area contributed by atoms with Gasteiger partial charge in [0.2, 0.25) is 17.7 Å². The van der Waals surface area contributed by atoms with Gasteiger partial charge in [-0.05, 0) is 74.9 Å². The van der Waals surface area contributed by atoms with E-state index in [0.717, 1.165) is 72.1 Å². The second kappa shape index (κ2) is 12.0. The summed E-state index contributed by atoms with van der Waals surface area (Å²) in [5, 5.41) is 11.9. The van der Waals surface area contributed by atoms with E-state index in [1.165, 1.54) is 12.8 Å². The molecule has 3 N–H and O–H groups in total. The van der Waals surface area contributed by atoms with Gasteiger partial charge < -0.3 is 20.7 Å². The zero-order chi connectivity index (χ0) is 27.3. The van der Waals surface area contributed by atoms with Gasteiger partial charge in [0.15, 0.2) is 0 Å². The number of nitrogens with zero attached hydrogens (tertiary/aromatic N) is 3. The molecule has 2 aliphatic rings. The number of benzene rings is 2. The topological polar surface area (TPSA) is 101 Å². The third kappa shape index (κ3) is 5.92.